The van der Waals surface area contributed by atoms with Gasteiger partial charge in [-0.05, 0) is 49.2 Å². The summed E-state index contributed by atoms with van der Waals surface area (Å²) >= 11 is 0. The lowest BCUT2D eigenvalue weighted by Gasteiger charge is -2.39. The number of carbonyl (C=O) groups is 1. The molecule has 0 bridgehead atoms. The number of rotatable bonds is 5. The van der Waals surface area contributed by atoms with E-state index in [2.05, 4.69) is 19.9 Å². The van der Waals surface area contributed by atoms with Gasteiger partial charge in [-0.3, -0.25) is 4.79 Å². The van der Waals surface area contributed by atoms with Crippen molar-refractivity contribution in [1.29, 1.82) is 5.26 Å². The van der Waals surface area contributed by atoms with Crippen molar-refractivity contribution in [3.05, 3.63) is 107 Å². The minimum absolute atomic E-state index is 0.0582. The minimum atomic E-state index is -0.498. The van der Waals surface area contributed by atoms with Crippen LogP contribution in [0.2, 0.25) is 0 Å². The summed E-state index contributed by atoms with van der Waals surface area (Å²) in [5, 5.41) is 9.00. The van der Waals surface area contributed by atoms with Crippen LogP contribution >= 0.6 is 0 Å². The lowest BCUT2D eigenvalue weighted by molar-refractivity contribution is 0.0514. The first-order chi connectivity index (χ1) is 13.0. The molecule has 0 saturated carbocycles. The third-order valence-electron chi connectivity index (χ3n) is 4.84. The molecule has 1 amide bonds. The number of nitrogens with zero attached hydrogens (tertiary/aromatic N) is 2. The maximum absolute atomic E-state index is 13.4. The Kier molecular flexibility index (Phi) is 5.38. The molecular formula is C24H22N2O. The maximum atomic E-state index is 13.4. The third kappa shape index (κ3) is 4.07. The second-order valence-electron chi connectivity index (χ2n) is 6.99. The molecule has 0 atom stereocenters. The molecule has 3 rings (SSSR count). The fourth-order valence-corrected chi connectivity index (χ4v) is 3.13. The van der Waals surface area contributed by atoms with Gasteiger partial charge in [-0.1, -0.05) is 60.7 Å². The van der Waals surface area contributed by atoms with Crippen LogP contribution in [0.3, 0.4) is 0 Å². The van der Waals surface area contributed by atoms with E-state index in [9.17, 15) is 4.79 Å². The van der Waals surface area contributed by atoms with E-state index in [1.54, 1.807) is 24.3 Å². The standard InChI is InChI=1S/C24H22N2O/c1-24(2,22-11-7-4-8-12-22)26(18-20-9-5-3-6-10-20)23(27)21-15-13-19(17-25)14-16-21/h3-16H,18H2,1-2H3. The van der Waals surface area contributed by atoms with Crippen molar-refractivity contribution < 1.29 is 4.79 Å². The molecule has 3 heteroatoms. The van der Waals surface area contributed by atoms with Crippen LogP contribution < -0.4 is 0 Å². The molecule has 0 saturated heterocycles. The van der Waals surface area contributed by atoms with E-state index in [0.29, 0.717) is 17.7 Å². The number of benzene rings is 3. The summed E-state index contributed by atoms with van der Waals surface area (Å²) < 4.78 is 0. The van der Waals surface area contributed by atoms with Crippen molar-refractivity contribution in [3.8, 4) is 6.07 Å². The van der Waals surface area contributed by atoms with Crippen molar-refractivity contribution in [2.45, 2.75) is 25.9 Å². The van der Waals surface area contributed by atoms with E-state index in [1.165, 1.54) is 0 Å². The Morgan fingerprint density at radius 1 is 0.889 bits per heavy atom. The molecule has 0 aromatic heterocycles. The van der Waals surface area contributed by atoms with Crippen molar-refractivity contribution in [1.82, 2.24) is 4.90 Å². The van der Waals surface area contributed by atoms with E-state index in [-0.39, 0.29) is 5.91 Å². The van der Waals surface area contributed by atoms with Crippen LogP contribution in [0, 0.1) is 11.3 Å². The quantitative estimate of drug-likeness (QED) is 0.637. The van der Waals surface area contributed by atoms with E-state index >= 15 is 0 Å². The van der Waals surface area contributed by atoms with Gasteiger partial charge < -0.3 is 4.90 Å². The van der Waals surface area contributed by atoms with Gasteiger partial charge >= 0.3 is 0 Å². The van der Waals surface area contributed by atoms with E-state index in [1.807, 2.05) is 65.6 Å². The third-order valence-corrected chi connectivity index (χ3v) is 4.84. The van der Waals surface area contributed by atoms with Crippen LogP contribution in [0.5, 0.6) is 0 Å². The Morgan fingerprint density at radius 2 is 1.44 bits per heavy atom. The zero-order chi connectivity index (χ0) is 19.3. The highest BCUT2D eigenvalue weighted by molar-refractivity contribution is 5.95. The van der Waals surface area contributed by atoms with Gasteiger partial charge in [-0.25, -0.2) is 0 Å². The molecule has 0 N–H and O–H groups in total. The molecule has 0 heterocycles. The Labute approximate surface area is 160 Å². The molecule has 3 nitrogen and oxygen atoms in total. The second kappa shape index (κ2) is 7.88. The summed E-state index contributed by atoms with van der Waals surface area (Å²) in [6, 6.07) is 28.9. The number of carbonyl (C=O) groups excluding carboxylic acids is 1. The van der Waals surface area contributed by atoms with Crippen LogP contribution in [-0.2, 0) is 12.1 Å². The van der Waals surface area contributed by atoms with Gasteiger partial charge in [-0.15, -0.1) is 0 Å². The number of hydrogen-bond acceptors (Lipinski definition) is 2. The highest BCUT2D eigenvalue weighted by Gasteiger charge is 2.33. The average molecular weight is 354 g/mol. The Bertz CT molecular complexity index is 939. The highest BCUT2D eigenvalue weighted by Crippen LogP contribution is 2.31. The summed E-state index contributed by atoms with van der Waals surface area (Å²) in [4.78, 5) is 15.3. The van der Waals surface area contributed by atoms with E-state index in [4.69, 9.17) is 5.26 Å². The smallest absolute Gasteiger partial charge is 0.254 e. The zero-order valence-corrected chi connectivity index (χ0v) is 15.6. The molecular weight excluding hydrogens is 332 g/mol. The first-order valence-electron chi connectivity index (χ1n) is 8.94. The Hall–Kier alpha value is -3.38. The fraction of sp³-hybridized carbons (Fsp3) is 0.167. The fourth-order valence-electron chi connectivity index (χ4n) is 3.13. The molecule has 0 fully saturated rings. The SMILES string of the molecule is CC(C)(c1ccccc1)N(Cc1ccccc1)C(=O)c1ccc(C#N)cc1. The highest BCUT2D eigenvalue weighted by atomic mass is 16.2. The predicted octanol–water partition coefficient (Wildman–Crippen LogP) is 5.14. The molecule has 0 spiro atoms. The van der Waals surface area contributed by atoms with Gasteiger partial charge in [0, 0.05) is 12.1 Å². The Morgan fingerprint density at radius 3 is 2.00 bits per heavy atom. The second-order valence-corrected chi connectivity index (χ2v) is 6.99. The summed E-state index contributed by atoms with van der Waals surface area (Å²) in [5.41, 5.74) is 2.77. The Balaban J connectivity index is 2.01. The van der Waals surface area contributed by atoms with Crippen molar-refractivity contribution in [3.63, 3.8) is 0 Å². The number of nitriles is 1. The van der Waals surface area contributed by atoms with Gasteiger partial charge in [0.25, 0.3) is 5.91 Å². The first-order valence-corrected chi connectivity index (χ1v) is 8.94. The van der Waals surface area contributed by atoms with Gasteiger partial charge in [0.1, 0.15) is 0 Å². The number of amides is 1. The molecule has 0 unspecified atom stereocenters. The molecule has 3 aromatic carbocycles. The average Bonchev–Trinajstić information content (AvgIpc) is 2.73. The first kappa shape index (κ1) is 18.4. The summed E-state index contributed by atoms with van der Waals surface area (Å²) in [7, 11) is 0. The van der Waals surface area contributed by atoms with Crippen LogP contribution in [0.4, 0.5) is 0 Å². The molecule has 0 radical (unpaired) electrons. The topological polar surface area (TPSA) is 44.1 Å². The largest absolute Gasteiger partial charge is 0.325 e. The molecule has 0 aliphatic rings. The van der Waals surface area contributed by atoms with E-state index < -0.39 is 5.54 Å². The maximum Gasteiger partial charge on any atom is 0.254 e. The minimum Gasteiger partial charge on any atom is -0.325 e. The lowest BCUT2D eigenvalue weighted by atomic mass is 9.90. The van der Waals surface area contributed by atoms with Gasteiger partial charge in [0.15, 0.2) is 0 Å². The summed E-state index contributed by atoms with van der Waals surface area (Å²) in [6.07, 6.45) is 0. The van der Waals surface area contributed by atoms with Gasteiger partial charge in [-0.2, -0.15) is 5.26 Å². The molecule has 27 heavy (non-hydrogen) atoms. The molecule has 134 valence electrons. The molecule has 3 aromatic rings. The van der Waals surface area contributed by atoms with E-state index in [0.717, 1.165) is 11.1 Å². The van der Waals surface area contributed by atoms with Crippen molar-refractivity contribution in [2.24, 2.45) is 0 Å². The van der Waals surface area contributed by atoms with Crippen molar-refractivity contribution in [2.75, 3.05) is 0 Å². The van der Waals surface area contributed by atoms with Gasteiger partial charge in [0.05, 0.1) is 17.2 Å². The monoisotopic (exact) mass is 354 g/mol. The van der Waals surface area contributed by atoms with Crippen LogP contribution in [-0.4, -0.2) is 10.8 Å². The van der Waals surface area contributed by atoms with Crippen LogP contribution in [0.25, 0.3) is 0 Å². The van der Waals surface area contributed by atoms with Crippen molar-refractivity contribution >= 4 is 5.91 Å². The molecule has 0 aliphatic heterocycles. The zero-order valence-electron chi connectivity index (χ0n) is 15.6. The van der Waals surface area contributed by atoms with Crippen LogP contribution in [0.15, 0.2) is 84.9 Å². The molecule has 0 aliphatic carbocycles. The predicted molar refractivity (Wildman–Crippen MR) is 107 cm³/mol. The van der Waals surface area contributed by atoms with Gasteiger partial charge in [0.2, 0.25) is 0 Å². The summed E-state index contributed by atoms with van der Waals surface area (Å²) in [5.74, 6) is -0.0582. The summed E-state index contributed by atoms with van der Waals surface area (Å²) in [6.45, 7) is 4.63. The lowest BCUT2D eigenvalue weighted by Crippen LogP contribution is -2.45. The van der Waals surface area contributed by atoms with Crippen LogP contribution in [0.1, 0.15) is 40.9 Å². The normalized spacial score (nSPS) is 10.9. The number of hydrogen-bond donors (Lipinski definition) is 0.